The summed E-state index contributed by atoms with van der Waals surface area (Å²) in [7, 11) is -1.07. The Morgan fingerprint density at radius 3 is 2.57 bits per heavy atom. The van der Waals surface area contributed by atoms with Crippen LogP contribution in [0.25, 0.3) is 0 Å². The van der Waals surface area contributed by atoms with Crippen LogP contribution in [-0.4, -0.2) is 56.8 Å². The van der Waals surface area contributed by atoms with Crippen LogP contribution in [0.15, 0.2) is 35.4 Å². The molecule has 8 heteroatoms. The summed E-state index contributed by atoms with van der Waals surface area (Å²) in [6, 6.07) is 8.24. The summed E-state index contributed by atoms with van der Waals surface area (Å²) in [6.45, 7) is 2.70. The van der Waals surface area contributed by atoms with E-state index in [2.05, 4.69) is 26.9 Å². The Kier molecular flexibility index (Phi) is 4.38. The van der Waals surface area contributed by atoms with Crippen molar-refractivity contribution in [2.24, 2.45) is 11.8 Å². The molecule has 0 spiro atoms. The number of aliphatic hydroxyl groups is 1. The van der Waals surface area contributed by atoms with Crippen LogP contribution in [0.5, 0.6) is 0 Å². The molecule has 4 aliphatic rings. The minimum Gasteiger partial charge on any atom is -0.394 e. The second kappa shape index (κ2) is 6.90. The normalized spacial score (nSPS) is 31.1. The lowest BCUT2D eigenvalue weighted by molar-refractivity contribution is 0.115. The number of piperidine rings is 1. The van der Waals surface area contributed by atoms with Gasteiger partial charge in [-0.15, -0.1) is 0 Å². The molecule has 6 nitrogen and oxygen atoms in total. The third-order valence-electron chi connectivity index (χ3n) is 7.61. The topological polar surface area (TPSA) is 69.6 Å². The molecule has 1 aromatic heterocycles. The minimum absolute atomic E-state index is 0.120. The molecule has 2 aromatic rings. The first-order valence-corrected chi connectivity index (χ1v) is 12.4. The van der Waals surface area contributed by atoms with Crippen LogP contribution in [0.2, 0.25) is 5.02 Å². The number of hydrogen-bond acceptors (Lipinski definition) is 6. The van der Waals surface area contributed by atoms with Gasteiger partial charge < -0.3 is 14.9 Å². The number of anilines is 2. The van der Waals surface area contributed by atoms with E-state index in [-0.39, 0.29) is 12.1 Å². The fourth-order valence-corrected chi connectivity index (χ4v) is 6.90. The van der Waals surface area contributed by atoms with Crippen molar-refractivity contribution < 1.29 is 9.32 Å². The Labute approximate surface area is 183 Å². The fraction of sp³-hybridized carbons (Fsp3) is 0.545. The molecular formula is C22H25ClN4O2S. The van der Waals surface area contributed by atoms with Gasteiger partial charge >= 0.3 is 0 Å². The van der Waals surface area contributed by atoms with Gasteiger partial charge in [-0.2, -0.15) is 4.98 Å². The van der Waals surface area contributed by atoms with Crippen LogP contribution in [-0.2, 0) is 10.8 Å². The van der Waals surface area contributed by atoms with Gasteiger partial charge in [-0.25, -0.2) is 4.98 Å². The zero-order chi connectivity index (χ0) is 20.5. The highest BCUT2D eigenvalue weighted by molar-refractivity contribution is 7.85. The third-order valence-corrected chi connectivity index (χ3v) is 9.19. The predicted octanol–water partition coefficient (Wildman–Crippen LogP) is 2.82. The maximum atomic E-state index is 12.6. The zero-order valence-corrected chi connectivity index (χ0v) is 18.3. The van der Waals surface area contributed by atoms with Gasteiger partial charge in [-0.3, -0.25) is 4.21 Å². The summed E-state index contributed by atoms with van der Waals surface area (Å²) in [5.74, 6) is 3.94. The first-order valence-electron chi connectivity index (χ1n) is 10.7. The van der Waals surface area contributed by atoms with Crippen LogP contribution in [0.3, 0.4) is 0 Å². The van der Waals surface area contributed by atoms with Gasteiger partial charge in [0, 0.05) is 30.4 Å². The van der Waals surface area contributed by atoms with Gasteiger partial charge in [0.25, 0.3) is 0 Å². The molecule has 2 aliphatic carbocycles. The van der Waals surface area contributed by atoms with E-state index >= 15 is 0 Å². The predicted molar refractivity (Wildman–Crippen MR) is 118 cm³/mol. The molecule has 2 aliphatic heterocycles. The molecule has 3 atom stereocenters. The van der Waals surface area contributed by atoms with Gasteiger partial charge in [-0.1, -0.05) is 23.7 Å². The number of rotatable bonds is 4. The van der Waals surface area contributed by atoms with Crippen molar-refractivity contribution >= 4 is 34.2 Å². The van der Waals surface area contributed by atoms with Crippen molar-refractivity contribution in [1.82, 2.24) is 9.97 Å². The van der Waals surface area contributed by atoms with Gasteiger partial charge in [0.2, 0.25) is 5.95 Å². The van der Waals surface area contributed by atoms with Crippen LogP contribution in [0.4, 0.5) is 11.8 Å². The van der Waals surface area contributed by atoms with E-state index in [1.54, 1.807) is 6.20 Å². The lowest BCUT2D eigenvalue weighted by atomic mass is 9.76. The molecule has 1 N–H and O–H groups in total. The van der Waals surface area contributed by atoms with E-state index in [1.165, 1.54) is 5.56 Å². The number of benzene rings is 1. The standard InChI is InChI=1S/C22H25ClN4O2S/c23-15-4-2-14(3-5-15)19-16-11-26(12-17(16)19)21-24-10-18-20(25-21)27(8-9-30(18)29)22(13-28)6-1-7-22/h2-5,10,16-17,19,28H,1,6-9,11-13H2/t16?,17?,19?,30-/m0/s1. The molecule has 2 unspecified atom stereocenters. The van der Waals surface area contributed by atoms with E-state index in [4.69, 9.17) is 16.6 Å². The lowest BCUT2D eigenvalue weighted by Crippen LogP contribution is -2.59. The molecule has 158 valence electrons. The van der Waals surface area contributed by atoms with Gasteiger partial charge in [0.05, 0.1) is 34.0 Å². The molecule has 3 fully saturated rings. The first kappa shape index (κ1) is 19.0. The third kappa shape index (κ3) is 2.82. The largest absolute Gasteiger partial charge is 0.394 e. The lowest BCUT2D eigenvalue weighted by Gasteiger charge is -2.51. The number of aliphatic hydroxyl groups excluding tert-OH is 1. The molecule has 0 radical (unpaired) electrons. The summed E-state index contributed by atoms with van der Waals surface area (Å²) < 4.78 is 12.6. The Morgan fingerprint density at radius 1 is 1.20 bits per heavy atom. The summed E-state index contributed by atoms with van der Waals surface area (Å²) in [5.41, 5.74) is 1.13. The summed E-state index contributed by atoms with van der Waals surface area (Å²) in [5, 5.41) is 10.9. The van der Waals surface area contributed by atoms with Gasteiger partial charge in [0.15, 0.2) is 5.82 Å². The smallest absolute Gasteiger partial charge is 0.227 e. The highest BCUT2D eigenvalue weighted by Crippen LogP contribution is 2.58. The molecule has 30 heavy (non-hydrogen) atoms. The molecule has 0 amide bonds. The second-order valence-corrected chi connectivity index (χ2v) is 11.1. The van der Waals surface area contributed by atoms with Crippen LogP contribution < -0.4 is 9.80 Å². The number of fused-ring (bicyclic) bond motifs is 2. The quantitative estimate of drug-likeness (QED) is 0.782. The molecule has 1 aromatic carbocycles. The molecule has 2 saturated carbocycles. The van der Waals surface area contributed by atoms with Crippen molar-refractivity contribution in [2.75, 3.05) is 41.8 Å². The number of halogens is 1. The minimum atomic E-state index is -1.07. The van der Waals surface area contributed by atoms with Crippen LogP contribution >= 0.6 is 11.6 Å². The number of aromatic nitrogens is 2. The van der Waals surface area contributed by atoms with Crippen molar-refractivity contribution in [3.63, 3.8) is 0 Å². The summed E-state index contributed by atoms with van der Waals surface area (Å²) >= 11 is 6.03. The SMILES string of the molecule is O=[S@]1CCN(C2(CO)CCC2)c2nc(N3CC4C(C3)C4c3ccc(Cl)cc3)ncc21. The monoisotopic (exact) mass is 444 g/mol. The first-order chi connectivity index (χ1) is 14.6. The van der Waals surface area contributed by atoms with Crippen molar-refractivity contribution in [2.45, 2.75) is 35.6 Å². The maximum absolute atomic E-state index is 12.6. The van der Waals surface area contributed by atoms with Crippen LogP contribution in [0, 0.1) is 11.8 Å². The summed E-state index contributed by atoms with van der Waals surface area (Å²) in [6.07, 6.45) is 4.80. The van der Waals surface area contributed by atoms with E-state index in [9.17, 15) is 9.32 Å². The van der Waals surface area contributed by atoms with E-state index < -0.39 is 10.8 Å². The Hall–Kier alpha value is -1.70. The highest BCUT2D eigenvalue weighted by Gasteiger charge is 2.56. The van der Waals surface area contributed by atoms with E-state index in [0.29, 0.717) is 34.9 Å². The Morgan fingerprint density at radius 2 is 1.93 bits per heavy atom. The zero-order valence-electron chi connectivity index (χ0n) is 16.7. The summed E-state index contributed by atoms with van der Waals surface area (Å²) in [4.78, 5) is 14.7. The van der Waals surface area contributed by atoms with Crippen LogP contribution in [0.1, 0.15) is 30.7 Å². The van der Waals surface area contributed by atoms with Crippen molar-refractivity contribution in [3.05, 3.63) is 41.0 Å². The van der Waals surface area contributed by atoms with Gasteiger partial charge in [0.1, 0.15) is 0 Å². The average Bonchev–Trinajstić information content (AvgIpc) is 3.22. The Balaban J connectivity index is 1.24. The van der Waals surface area contributed by atoms with Gasteiger partial charge in [-0.05, 0) is 54.7 Å². The Bertz CT molecular complexity index is 995. The molecule has 6 rings (SSSR count). The molecule has 3 heterocycles. The fourth-order valence-electron chi connectivity index (χ4n) is 5.68. The van der Waals surface area contributed by atoms with Crippen molar-refractivity contribution in [3.8, 4) is 0 Å². The number of hydrogen-bond donors (Lipinski definition) is 1. The average molecular weight is 445 g/mol. The van der Waals surface area contributed by atoms with E-state index in [1.807, 2.05) is 12.1 Å². The molecule has 0 bridgehead atoms. The maximum Gasteiger partial charge on any atom is 0.227 e. The second-order valence-electron chi connectivity index (χ2n) is 9.11. The van der Waals surface area contributed by atoms with Crippen molar-refractivity contribution in [1.29, 1.82) is 0 Å². The molecular weight excluding hydrogens is 420 g/mol. The molecule has 1 saturated heterocycles. The highest BCUT2D eigenvalue weighted by atomic mass is 35.5. The van der Waals surface area contributed by atoms with E-state index in [0.717, 1.165) is 49.1 Å². The number of nitrogens with zero attached hydrogens (tertiary/aromatic N) is 4.